The van der Waals surface area contributed by atoms with Gasteiger partial charge in [0.1, 0.15) is 5.56 Å². The van der Waals surface area contributed by atoms with Crippen LogP contribution in [-0.4, -0.2) is 10.5 Å². The number of pyridine rings is 1. The van der Waals surface area contributed by atoms with Crippen molar-refractivity contribution in [1.29, 1.82) is 0 Å². The molecule has 0 fully saturated rings. The summed E-state index contributed by atoms with van der Waals surface area (Å²) in [5.74, 6) is -0.397. The number of nitrogens with one attached hydrogen (secondary N) is 1. The number of aryl methyl sites for hydroxylation is 2. The van der Waals surface area contributed by atoms with E-state index in [-0.39, 0.29) is 11.1 Å². The van der Waals surface area contributed by atoms with Gasteiger partial charge in [-0.3, -0.25) is 9.59 Å². The molecule has 0 aliphatic rings. The van der Waals surface area contributed by atoms with E-state index in [0.717, 1.165) is 16.7 Å². The molecule has 4 heteroatoms. The van der Waals surface area contributed by atoms with Crippen LogP contribution in [0.15, 0.2) is 71.7 Å². The number of aromatic nitrogens is 1. The number of carbonyl (C=O) groups is 1. The molecular weight excluding hydrogens is 312 g/mol. The first kappa shape index (κ1) is 16.7. The Morgan fingerprint density at radius 3 is 2.52 bits per heavy atom. The molecule has 1 N–H and O–H groups in total. The highest BCUT2D eigenvalue weighted by atomic mass is 16.2. The molecule has 126 valence electrons. The van der Waals surface area contributed by atoms with Crippen LogP contribution in [0.5, 0.6) is 0 Å². The van der Waals surface area contributed by atoms with Gasteiger partial charge in [-0.1, -0.05) is 42.0 Å². The van der Waals surface area contributed by atoms with E-state index in [1.54, 1.807) is 35.0 Å². The number of hydrogen-bond donors (Lipinski definition) is 1. The summed E-state index contributed by atoms with van der Waals surface area (Å²) in [6, 6.07) is 18.6. The Bertz CT molecular complexity index is 959. The van der Waals surface area contributed by atoms with E-state index in [0.29, 0.717) is 12.2 Å². The van der Waals surface area contributed by atoms with E-state index in [9.17, 15) is 9.59 Å². The topological polar surface area (TPSA) is 51.1 Å². The highest BCUT2D eigenvalue weighted by Crippen LogP contribution is 2.12. The van der Waals surface area contributed by atoms with Gasteiger partial charge in [-0.25, -0.2) is 0 Å². The number of anilines is 1. The molecule has 0 aliphatic heterocycles. The first-order chi connectivity index (χ1) is 12.0. The van der Waals surface area contributed by atoms with Crippen LogP contribution in [0.1, 0.15) is 27.0 Å². The second-order valence-corrected chi connectivity index (χ2v) is 6.11. The molecule has 0 atom stereocenters. The summed E-state index contributed by atoms with van der Waals surface area (Å²) in [7, 11) is 0. The Morgan fingerprint density at radius 2 is 1.76 bits per heavy atom. The van der Waals surface area contributed by atoms with Gasteiger partial charge in [0.15, 0.2) is 0 Å². The summed E-state index contributed by atoms with van der Waals surface area (Å²) in [6.07, 6.45) is 1.71. The molecule has 3 aromatic rings. The Labute approximate surface area is 146 Å². The molecular formula is C21H20N2O2. The maximum absolute atomic E-state index is 12.7. The Morgan fingerprint density at radius 1 is 1.00 bits per heavy atom. The average Bonchev–Trinajstić information content (AvgIpc) is 2.60. The van der Waals surface area contributed by atoms with Crippen LogP contribution in [0.4, 0.5) is 5.69 Å². The monoisotopic (exact) mass is 332 g/mol. The fraction of sp³-hybridized carbons (Fsp3) is 0.143. The SMILES string of the molecule is Cc1ccc(C)c(Cn2cccc(C(=O)Nc3ccccc3)c2=O)c1. The number of para-hydroxylation sites is 1. The van der Waals surface area contributed by atoms with Gasteiger partial charge in [-0.05, 0) is 49.2 Å². The van der Waals surface area contributed by atoms with E-state index in [2.05, 4.69) is 11.4 Å². The lowest BCUT2D eigenvalue weighted by atomic mass is 10.1. The number of carbonyl (C=O) groups excluding carboxylic acids is 1. The summed E-state index contributed by atoms with van der Waals surface area (Å²) >= 11 is 0. The van der Waals surface area contributed by atoms with Crippen LogP contribution in [-0.2, 0) is 6.54 Å². The van der Waals surface area contributed by atoms with Gasteiger partial charge in [0.2, 0.25) is 0 Å². The fourth-order valence-electron chi connectivity index (χ4n) is 2.71. The predicted octanol–water partition coefficient (Wildman–Crippen LogP) is 3.77. The summed E-state index contributed by atoms with van der Waals surface area (Å²) < 4.78 is 1.57. The minimum Gasteiger partial charge on any atom is -0.322 e. The van der Waals surface area contributed by atoms with Crippen LogP contribution in [0, 0.1) is 13.8 Å². The summed E-state index contributed by atoms with van der Waals surface area (Å²) in [6.45, 7) is 4.49. The zero-order chi connectivity index (χ0) is 17.8. The fourth-order valence-corrected chi connectivity index (χ4v) is 2.71. The Kier molecular flexibility index (Phi) is 4.80. The number of nitrogens with zero attached hydrogens (tertiary/aromatic N) is 1. The van der Waals surface area contributed by atoms with Crippen molar-refractivity contribution in [2.24, 2.45) is 0 Å². The summed E-state index contributed by atoms with van der Waals surface area (Å²) in [5.41, 5.74) is 3.84. The quantitative estimate of drug-likeness (QED) is 0.791. The van der Waals surface area contributed by atoms with Crippen molar-refractivity contribution in [2.45, 2.75) is 20.4 Å². The molecule has 4 nitrogen and oxygen atoms in total. The smallest absolute Gasteiger partial charge is 0.263 e. The molecule has 0 radical (unpaired) electrons. The van der Waals surface area contributed by atoms with Gasteiger partial charge in [0, 0.05) is 11.9 Å². The largest absolute Gasteiger partial charge is 0.322 e. The van der Waals surface area contributed by atoms with Crippen LogP contribution < -0.4 is 10.9 Å². The van der Waals surface area contributed by atoms with Crippen LogP contribution in [0.3, 0.4) is 0 Å². The predicted molar refractivity (Wildman–Crippen MR) is 100 cm³/mol. The summed E-state index contributed by atoms with van der Waals surface area (Å²) in [4.78, 5) is 25.1. The molecule has 3 rings (SSSR count). The minimum atomic E-state index is -0.397. The van der Waals surface area contributed by atoms with Crippen molar-refractivity contribution >= 4 is 11.6 Å². The third-order valence-electron chi connectivity index (χ3n) is 4.14. The lowest BCUT2D eigenvalue weighted by molar-refractivity contribution is 0.102. The maximum Gasteiger partial charge on any atom is 0.263 e. The maximum atomic E-state index is 12.7. The molecule has 2 aromatic carbocycles. The van der Waals surface area contributed by atoms with E-state index in [4.69, 9.17) is 0 Å². The first-order valence-corrected chi connectivity index (χ1v) is 8.16. The second-order valence-electron chi connectivity index (χ2n) is 6.11. The lowest BCUT2D eigenvalue weighted by Gasteiger charge is -2.11. The van der Waals surface area contributed by atoms with Crippen LogP contribution in [0.25, 0.3) is 0 Å². The third kappa shape index (κ3) is 3.86. The van der Waals surface area contributed by atoms with Crippen molar-refractivity contribution in [1.82, 2.24) is 4.57 Å². The van der Waals surface area contributed by atoms with Crippen molar-refractivity contribution in [3.05, 3.63) is 99.5 Å². The molecule has 25 heavy (non-hydrogen) atoms. The number of benzene rings is 2. The van der Waals surface area contributed by atoms with E-state index >= 15 is 0 Å². The molecule has 0 saturated carbocycles. The normalized spacial score (nSPS) is 10.5. The third-order valence-corrected chi connectivity index (χ3v) is 4.14. The molecule has 0 aliphatic carbocycles. The average molecular weight is 332 g/mol. The molecule has 0 spiro atoms. The van der Waals surface area contributed by atoms with Gasteiger partial charge in [-0.15, -0.1) is 0 Å². The zero-order valence-corrected chi connectivity index (χ0v) is 14.3. The van der Waals surface area contributed by atoms with Crippen molar-refractivity contribution in [2.75, 3.05) is 5.32 Å². The highest BCUT2D eigenvalue weighted by Gasteiger charge is 2.13. The Hall–Kier alpha value is -3.14. The molecule has 1 heterocycles. The van der Waals surface area contributed by atoms with Crippen LogP contribution >= 0.6 is 0 Å². The molecule has 0 bridgehead atoms. The van der Waals surface area contributed by atoms with Gasteiger partial charge in [0.05, 0.1) is 6.54 Å². The van der Waals surface area contributed by atoms with Gasteiger partial charge in [-0.2, -0.15) is 0 Å². The number of hydrogen-bond acceptors (Lipinski definition) is 2. The Balaban J connectivity index is 1.88. The van der Waals surface area contributed by atoms with Gasteiger partial charge in [0.25, 0.3) is 11.5 Å². The zero-order valence-electron chi connectivity index (χ0n) is 14.3. The van der Waals surface area contributed by atoms with Crippen LogP contribution in [0.2, 0.25) is 0 Å². The lowest BCUT2D eigenvalue weighted by Crippen LogP contribution is -2.29. The molecule has 1 aromatic heterocycles. The van der Waals surface area contributed by atoms with Crippen molar-refractivity contribution in [3.63, 3.8) is 0 Å². The highest BCUT2D eigenvalue weighted by molar-refractivity contribution is 6.03. The van der Waals surface area contributed by atoms with Gasteiger partial charge >= 0.3 is 0 Å². The van der Waals surface area contributed by atoms with Crippen molar-refractivity contribution < 1.29 is 4.79 Å². The number of rotatable bonds is 4. The minimum absolute atomic E-state index is 0.136. The van der Waals surface area contributed by atoms with E-state index < -0.39 is 5.91 Å². The molecule has 1 amide bonds. The number of amides is 1. The molecule has 0 unspecified atom stereocenters. The van der Waals surface area contributed by atoms with E-state index in [1.165, 1.54) is 0 Å². The summed E-state index contributed by atoms with van der Waals surface area (Å²) in [5, 5.41) is 2.76. The second kappa shape index (κ2) is 7.18. The molecule has 0 saturated heterocycles. The van der Waals surface area contributed by atoms with Gasteiger partial charge < -0.3 is 9.88 Å². The first-order valence-electron chi connectivity index (χ1n) is 8.16. The standard InChI is InChI=1S/C21H20N2O2/c1-15-10-11-16(2)17(13-15)14-23-12-6-9-19(21(23)25)20(24)22-18-7-4-3-5-8-18/h3-13H,14H2,1-2H3,(H,22,24). The van der Waals surface area contributed by atoms with E-state index in [1.807, 2.05) is 44.2 Å². The van der Waals surface area contributed by atoms with Crippen molar-refractivity contribution in [3.8, 4) is 0 Å².